The number of rotatable bonds is 4. The number of anilines is 1. The third kappa shape index (κ3) is 4.08. The first-order chi connectivity index (χ1) is 8.30. The molecule has 1 rings (SSSR count). The molecule has 0 atom stereocenters. The number of aryl methyl sites for hydroxylation is 1. The van der Waals surface area contributed by atoms with Crippen molar-refractivity contribution in [2.75, 3.05) is 5.32 Å². The van der Waals surface area contributed by atoms with Gasteiger partial charge in [0.15, 0.2) is 0 Å². The lowest BCUT2D eigenvalue weighted by Crippen LogP contribution is -2.30. The Bertz CT molecular complexity index is 457. The predicted molar refractivity (Wildman–Crippen MR) is 57.1 cm³/mol. The second kappa shape index (κ2) is 5.52. The first-order valence-corrected chi connectivity index (χ1v) is 4.98. The van der Waals surface area contributed by atoms with Gasteiger partial charge in [-0.1, -0.05) is 18.2 Å². The molecule has 0 radical (unpaired) electrons. The van der Waals surface area contributed by atoms with E-state index in [0.29, 0.717) is 5.56 Å². The number of benzene rings is 1. The molecule has 1 amide bonds. The molecule has 2 N–H and O–H groups in total. The van der Waals surface area contributed by atoms with Crippen LogP contribution < -0.4 is 5.32 Å². The molecule has 0 unspecified atom stereocenters. The van der Waals surface area contributed by atoms with Crippen LogP contribution >= 0.6 is 0 Å². The summed E-state index contributed by atoms with van der Waals surface area (Å²) in [6, 6.07) is 5.77. The van der Waals surface area contributed by atoms with E-state index in [0.717, 1.165) is 0 Å². The SMILES string of the molecule is O=C(O)CCc1ccccc1NC(=O)C(F)(F)F. The standard InChI is InChI=1S/C11H10F3NO3/c12-11(13,14)10(18)15-8-4-2-1-3-7(8)5-6-9(16)17/h1-4H,5-6H2,(H,15,18)(H,16,17). The normalized spacial score (nSPS) is 11.1. The molecular weight excluding hydrogens is 251 g/mol. The van der Waals surface area contributed by atoms with Crippen LogP contribution in [0.25, 0.3) is 0 Å². The molecule has 0 aliphatic carbocycles. The van der Waals surface area contributed by atoms with Gasteiger partial charge >= 0.3 is 18.1 Å². The first kappa shape index (κ1) is 14.0. The second-order valence-corrected chi connectivity index (χ2v) is 3.50. The van der Waals surface area contributed by atoms with E-state index in [1.54, 1.807) is 11.4 Å². The largest absolute Gasteiger partial charge is 0.481 e. The van der Waals surface area contributed by atoms with Crippen LogP contribution in [0.4, 0.5) is 18.9 Å². The highest BCUT2D eigenvalue weighted by atomic mass is 19.4. The number of nitrogens with one attached hydrogen (secondary N) is 1. The van der Waals surface area contributed by atoms with Gasteiger partial charge < -0.3 is 10.4 Å². The summed E-state index contributed by atoms with van der Waals surface area (Å²) in [5.41, 5.74) is 0.318. The third-order valence-corrected chi connectivity index (χ3v) is 2.13. The van der Waals surface area contributed by atoms with Crippen LogP contribution in [0.2, 0.25) is 0 Å². The molecule has 0 fully saturated rings. The summed E-state index contributed by atoms with van der Waals surface area (Å²) in [6.07, 6.45) is -5.15. The molecule has 4 nitrogen and oxygen atoms in total. The molecule has 0 saturated heterocycles. The summed E-state index contributed by atoms with van der Waals surface area (Å²) in [7, 11) is 0. The number of hydrogen-bond donors (Lipinski definition) is 2. The van der Waals surface area contributed by atoms with Gasteiger partial charge in [-0.2, -0.15) is 13.2 Å². The Morgan fingerprint density at radius 2 is 1.83 bits per heavy atom. The van der Waals surface area contributed by atoms with Crippen LogP contribution in [0.15, 0.2) is 24.3 Å². The molecule has 1 aromatic rings. The van der Waals surface area contributed by atoms with E-state index in [1.165, 1.54) is 18.2 Å². The van der Waals surface area contributed by atoms with Crippen molar-refractivity contribution >= 4 is 17.6 Å². The van der Waals surface area contributed by atoms with Gasteiger partial charge in [0.05, 0.1) is 0 Å². The van der Waals surface area contributed by atoms with Gasteiger partial charge in [0.2, 0.25) is 0 Å². The number of carbonyl (C=O) groups is 2. The number of halogens is 3. The lowest BCUT2D eigenvalue weighted by atomic mass is 10.1. The minimum atomic E-state index is -4.97. The summed E-state index contributed by atoms with van der Waals surface area (Å²) in [4.78, 5) is 21.2. The Hall–Kier alpha value is -2.05. The molecule has 0 aliphatic heterocycles. The Kier molecular flexibility index (Phi) is 4.30. The van der Waals surface area contributed by atoms with Crippen LogP contribution in [-0.4, -0.2) is 23.2 Å². The Morgan fingerprint density at radius 1 is 1.22 bits per heavy atom. The van der Waals surface area contributed by atoms with Gasteiger partial charge in [0.25, 0.3) is 0 Å². The summed E-state index contributed by atoms with van der Waals surface area (Å²) in [5, 5.41) is 10.2. The number of alkyl halides is 3. The van der Waals surface area contributed by atoms with E-state index in [1.807, 2.05) is 0 Å². The maximum atomic E-state index is 12.1. The van der Waals surface area contributed by atoms with E-state index in [4.69, 9.17) is 5.11 Å². The van der Waals surface area contributed by atoms with Crippen molar-refractivity contribution in [1.82, 2.24) is 0 Å². The van der Waals surface area contributed by atoms with Crippen molar-refractivity contribution < 1.29 is 27.9 Å². The van der Waals surface area contributed by atoms with E-state index < -0.39 is 18.1 Å². The molecule has 0 heterocycles. The minimum Gasteiger partial charge on any atom is -0.481 e. The van der Waals surface area contributed by atoms with Gasteiger partial charge in [-0.15, -0.1) is 0 Å². The number of carboxylic acid groups (broad SMARTS) is 1. The summed E-state index contributed by atoms with van der Waals surface area (Å²) in [6.45, 7) is 0. The zero-order chi connectivity index (χ0) is 13.8. The number of amides is 1. The van der Waals surface area contributed by atoms with E-state index in [-0.39, 0.29) is 18.5 Å². The minimum absolute atomic E-state index is 0.0268. The molecule has 98 valence electrons. The molecule has 0 aliphatic rings. The van der Waals surface area contributed by atoms with Crippen molar-refractivity contribution in [2.24, 2.45) is 0 Å². The fourth-order valence-electron chi connectivity index (χ4n) is 1.30. The molecule has 7 heteroatoms. The Morgan fingerprint density at radius 3 is 2.39 bits per heavy atom. The van der Waals surface area contributed by atoms with Gasteiger partial charge in [-0.3, -0.25) is 9.59 Å². The van der Waals surface area contributed by atoms with Crippen LogP contribution in [0.1, 0.15) is 12.0 Å². The number of aliphatic carboxylic acids is 1. The average molecular weight is 261 g/mol. The van der Waals surface area contributed by atoms with Crippen molar-refractivity contribution in [3.63, 3.8) is 0 Å². The Labute approximate surface area is 100 Å². The highest BCUT2D eigenvalue weighted by Crippen LogP contribution is 2.21. The van der Waals surface area contributed by atoms with Crippen LogP contribution in [0, 0.1) is 0 Å². The van der Waals surface area contributed by atoms with Crippen molar-refractivity contribution in [1.29, 1.82) is 0 Å². The monoisotopic (exact) mass is 261 g/mol. The van der Waals surface area contributed by atoms with E-state index in [9.17, 15) is 22.8 Å². The first-order valence-electron chi connectivity index (χ1n) is 4.98. The molecular formula is C11H10F3NO3. The van der Waals surface area contributed by atoms with E-state index in [2.05, 4.69) is 0 Å². The van der Waals surface area contributed by atoms with Crippen LogP contribution in [0.3, 0.4) is 0 Å². The lowest BCUT2D eigenvalue weighted by Gasteiger charge is -2.11. The van der Waals surface area contributed by atoms with E-state index >= 15 is 0 Å². The molecule has 0 aromatic heterocycles. The maximum absolute atomic E-state index is 12.1. The summed E-state index contributed by atoms with van der Waals surface area (Å²) >= 11 is 0. The second-order valence-electron chi connectivity index (χ2n) is 3.50. The predicted octanol–water partition coefficient (Wildman–Crippen LogP) is 2.20. The Balaban J connectivity index is 2.82. The fourth-order valence-corrected chi connectivity index (χ4v) is 1.30. The molecule has 0 bridgehead atoms. The zero-order valence-corrected chi connectivity index (χ0v) is 9.12. The summed E-state index contributed by atoms with van der Waals surface area (Å²) in [5.74, 6) is -3.14. The highest BCUT2D eigenvalue weighted by Gasteiger charge is 2.38. The van der Waals surface area contributed by atoms with Gasteiger partial charge in [-0.25, -0.2) is 0 Å². The quantitative estimate of drug-likeness (QED) is 0.873. The van der Waals surface area contributed by atoms with Crippen molar-refractivity contribution in [3.8, 4) is 0 Å². The smallest absolute Gasteiger partial charge is 0.471 e. The van der Waals surface area contributed by atoms with Crippen LogP contribution in [-0.2, 0) is 16.0 Å². The van der Waals surface area contributed by atoms with Crippen molar-refractivity contribution in [3.05, 3.63) is 29.8 Å². The highest BCUT2D eigenvalue weighted by molar-refractivity contribution is 5.95. The fraction of sp³-hybridized carbons (Fsp3) is 0.273. The van der Waals surface area contributed by atoms with Crippen molar-refractivity contribution in [2.45, 2.75) is 19.0 Å². The van der Waals surface area contributed by atoms with Gasteiger partial charge in [0, 0.05) is 12.1 Å². The third-order valence-electron chi connectivity index (χ3n) is 2.13. The number of para-hydroxylation sites is 1. The number of carbonyl (C=O) groups excluding carboxylic acids is 1. The zero-order valence-electron chi connectivity index (χ0n) is 9.12. The van der Waals surface area contributed by atoms with Gasteiger partial charge in [-0.05, 0) is 18.1 Å². The lowest BCUT2D eigenvalue weighted by molar-refractivity contribution is -0.167. The number of hydrogen-bond acceptors (Lipinski definition) is 2. The maximum Gasteiger partial charge on any atom is 0.471 e. The topological polar surface area (TPSA) is 66.4 Å². The molecule has 0 saturated carbocycles. The molecule has 18 heavy (non-hydrogen) atoms. The molecule has 0 spiro atoms. The van der Waals surface area contributed by atoms with Gasteiger partial charge in [0.1, 0.15) is 0 Å². The number of carboxylic acids is 1. The average Bonchev–Trinajstić information content (AvgIpc) is 2.26. The van der Waals surface area contributed by atoms with Crippen LogP contribution in [0.5, 0.6) is 0 Å². The summed E-state index contributed by atoms with van der Waals surface area (Å²) < 4.78 is 36.2. The molecule has 1 aromatic carbocycles.